The minimum Gasteiger partial charge on any atom is -0.321 e. The number of piperidine rings is 1. The van der Waals surface area contributed by atoms with E-state index in [9.17, 15) is 9.59 Å². The number of anilines is 3. The Balaban J connectivity index is 1.12. The van der Waals surface area contributed by atoms with Crippen molar-refractivity contribution in [1.82, 2.24) is 9.88 Å². The van der Waals surface area contributed by atoms with E-state index in [1.807, 2.05) is 52.3 Å². The van der Waals surface area contributed by atoms with Crippen LogP contribution in [0.1, 0.15) is 34.5 Å². The third-order valence-corrected chi connectivity index (χ3v) is 7.43. The summed E-state index contributed by atoms with van der Waals surface area (Å²) in [6.07, 6.45) is 5.09. The zero-order valence-corrected chi connectivity index (χ0v) is 19.6. The predicted molar refractivity (Wildman–Crippen MR) is 134 cm³/mol. The molecule has 8 nitrogen and oxygen atoms in total. The van der Waals surface area contributed by atoms with E-state index in [-0.39, 0.29) is 18.0 Å². The Labute approximate surface area is 204 Å². The van der Waals surface area contributed by atoms with Gasteiger partial charge in [-0.2, -0.15) is 0 Å². The molecule has 35 heavy (non-hydrogen) atoms. The fourth-order valence-electron chi connectivity index (χ4n) is 5.52. The number of carbonyl (C=O) groups excluding carboxylic acids is 2. The fraction of sp³-hybridized carbons (Fsp3) is 0.333. The number of carbonyl (C=O) groups is 2. The van der Waals surface area contributed by atoms with Gasteiger partial charge in [0.05, 0.1) is 19.2 Å². The molecule has 8 heteroatoms. The van der Waals surface area contributed by atoms with Crippen LogP contribution in [0.3, 0.4) is 0 Å². The van der Waals surface area contributed by atoms with Gasteiger partial charge in [0, 0.05) is 30.5 Å². The highest BCUT2D eigenvalue weighted by Gasteiger charge is 2.33. The lowest BCUT2D eigenvalue weighted by molar-refractivity contribution is -0.369. The first-order chi connectivity index (χ1) is 17.2. The van der Waals surface area contributed by atoms with Gasteiger partial charge in [-0.3, -0.25) is 14.7 Å². The molecule has 4 heterocycles. The first-order valence-corrected chi connectivity index (χ1v) is 12.4. The molecule has 0 atom stereocenters. The summed E-state index contributed by atoms with van der Waals surface area (Å²) in [5.41, 5.74) is 4.73. The number of hydrogen-bond donors (Lipinski definition) is 1. The maximum atomic E-state index is 13.2. The van der Waals surface area contributed by atoms with Crippen LogP contribution in [0.15, 0.2) is 60.9 Å². The number of aromatic nitrogens is 2. The summed E-state index contributed by atoms with van der Waals surface area (Å²) < 4.78 is 0. The van der Waals surface area contributed by atoms with E-state index in [4.69, 9.17) is 0 Å². The van der Waals surface area contributed by atoms with Crippen molar-refractivity contribution in [3.8, 4) is 0 Å². The minimum atomic E-state index is -0.0686. The molecule has 0 radical (unpaired) electrons. The summed E-state index contributed by atoms with van der Waals surface area (Å²) in [6, 6.07) is 18.1. The number of urea groups is 1. The largest absolute Gasteiger partial charge is 0.322 e. The molecule has 1 fully saturated rings. The summed E-state index contributed by atoms with van der Waals surface area (Å²) in [5.74, 6) is 0.822. The monoisotopic (exact) mass is 469 g/mol. The van der Waals surface area contributed by atoms with Gasteiger partial charge in [-0.05, 0) is 48.9 Å². The van der Waals surface area contributed by atoms with E-state index >= 15 is 0 Å². The molecule has 3 aliphatic heterocycles. The zero-order chi connectivity index (χ0) is 23.8. The van der Waals surface area contributed by atoms with Crippen LogP contribution in [-0.4, -0.2) is 54.0 Å². The number of benzene rings is 2. The third-order valence-electron chi connectivity index (χ3n) is 7.43. The van der Waals surface area contributed by atoms with Gasteiger partial charge < -0.3 is 15.1 Å². The second-order valence-corrected chi connectivity index (χ2v) is 9.40. The molecule has 0 spiro atoms. The molecule has 178 valence electrons. The van der Waals surface area contributed by atoms with E-state index in [0.29, 0.717) is 12.2 Å². The van der Waals surface area contributed by atoms with Crippen LogP contribution in [0, 0.1) is 0 Å². The van der Waals surface area contributed by atoms with Gasteiger partial charge in [0.2, 0.25) is 17.8 Å². The summed E-state index contributed by atoms with van der Waals surface area (Å²) >= 11 is 0. The summed E-state index contributed by atoms with van der Waals surface area (Å²) in [5, 5.41) is 3.08. The van der Waals surface area contributed by atoms with Gasteiger partial charge in [-0.25, -0.2) is 4.79 Å². The molecule has 0 aliphatic carbocycles. The van der Waals surface area contributed by atoms with Crippen molar-refractivity contribution >= 4 is 29.1 Å². The second-order valence-electron chi connectivity index (χ2n) is 9.40. The highest BCUT2D eigenvalue weighted by Crippen LogP contribution is 2.29. The zero-order valence-electron chi connectivity index (χ0n) is 19.6. The van der Waals surface area contributed by atoms with Crippen LogP contribution in [0.5, 0.6) is 0 Å². The number of aromatic amines is 1. The van der Waals surface area contributed by atoms with Crippen LogP contribution in [-0.2, 0) is 12.8 Å². The first kappa shape index (κ1) is 21.6. The topological polar surface area (TPSA) is 82.9 Å². The van der Waals surface area contributed by atoms with Crippen molar-refractivity contribution in [2.45, 2.75) is 31.7 Å². The van der Waals surface area contributed by atoms with Crippen LogP contribution in [0.4, 0.5) is 22.0 Å². The number of amides is 3. The first-order valence-electron chi connectivity index (χ1n) is 12.4. The summed E-state index contributed by atoms with van der Waals surface area (Å²) in [7, 11) is 0. The maximum absolute atomic E-state index is 13.2. The van der Waals surface area contributed by atoms with Crippen molar-refractivity contribution in [3.63, 3.8) is 0 Å². The van der Waals surface area contributed by atoms with Crippen molar-refractivity contribution < 1.29 is 14.6 Å². The number of H-pyrrole nitrogens is 1. The van der Waals surface area contributed by atoms with Crippen LogP contribution >= 0.6 is 0 Å². The van der Waals surface area contributed by atoms with E-state index in [0.717, 1.165) is 62.5 Å². The average molecular weight is 470 g/mol. The molecule has 3 aliphatic rings. The third kappa shape index (κ3) is 4.09. The van der Waals surface area contributed by atoms with Crippen LogP contribution in [0.2, 0.25) is 0 Å². The summed E-state index contributed by atoms with van der Waals surface area (Å²) in [4.78, 5) is 39.8. The van der Waals surface area contributed by atoms with Gasteiger partial charge in [-0.15, -0.1) is 4.98 Å². The molecule has 1 aromatic heterocycles. The quantitative estimate of drug-likeness (QED) is 0.639. The molecule has 3 aromatic rings. The predicted octanol–water partition coefficient (Wildman–Crippen LogP) is 3.16. The standard InChI is InChI=1S/C27H28N6O2/c34-26(33-16-10-20-6-2-4-8-24(20)33)23-17-25(29-18-28-23)31-13-11-21(12-14-31)32-15-9-19-5-1-3-7-22(19)30-27(32)35/h1-8,17-18,21H,9-16H2,(H,30,35)/p+1. The normalized spacial score (nSPS) is 18.1. The van der Waals surface area contributed by atoms with Crippen molar-refractivity contribution in [1.29, 1.82) is 0 Å². The van der Waals surface area contributed by atoms with Gasteiger partial charge in [0.25, 0.3) is 5.91 Å². The molecule has 3 amide bonds. The van der Waals surface area contributed by atoms with Crippen molar-refractivity contribution in [2.24, 2.45) is 0 Å². The maximum Gasteiger partial charge on any atom is 0.322 e. The van der Waals surface area contributed by atoms with Gasteiger partial charge >= 0.3 is 6.03 Å². The molecule has 0 bridgehead atoms. The van der Waals surface area contributed by atoms with Crippen molar-refractivity contribution in [2.75, 3.05) is 41.3 Å². The van der Waals surface area contributed by atoms with E-state index in [2.05, 4.69) is 32.3 Å². The van der Waals surface area contributed by atoms with Crippen LogP contribution < -0.4 is 20.1 Å². The number of nitrogens with zero attached hydrogens (tertiary/aromatic N) is 4. The molecule has 2 aromatic carbocycles. The smallest absolute Gasteiger partial charge is 0.321 e. The SMILES string of the molecule is O=C(c1cc(N2CCC(N3CCc4ccccc4NC3=O)CC2)[nH+]cn1)N1CCc2ccccc21. The van der Waals surface area contributed by atoms with E-state index in [1.165, 1.54) is 11.1 Å². The molecular weight excluding hydrogens is 440 g/mol. The molecule has 0 saturated carbocycles. The number of nitrogens with one attached hydrogen (secondary N) is 2. The van der Waals surface area contributed by atoms with Gasteiger partial charge in [-0.1, -0.05) is 36.4 Å². The number of para-hydroxylation sites is 2. The Morgan fingerprint density at radius 2 is 1.69 bits per heavy atom. The fourth-order valence-corrected chi connectivity index (χ4v) is 5.52. The molecule has 6 rings (SSSR count). The lowest BCUT2D eigenvalue weighted by Gasteiger charge is -2.36. The Morgan fingerprint density at radius 1 is 0.943 bits per heavy atom. The average Bonchev–Trinajstić information content (AvgIpc) is 3.26. The molecule has 0 unspecified atom stereocenters. The Hall–Kier alpha value is -3.94. The highest BCUT2D eigenvalue weighted by molar-refractivity contribution is 6.06. The minimum absolute atomic E-state index is 0.0114. The molecular formula is C27H29N6O2+. The van der Waals surface area contributed by atoms with Gasteiger partial charge in [0.1, 0.15) is 0 Å². The van der Waals surface area contributed by atoms with Gasteiger partial charge in [0.15, 0.2) is 0 Å². The lowest BCUT2D eigenvalue weighted by Crippen LogP contribution is -2.49. The van der Waals surface area contributed by atoms with Crippen molar-refractivity contribution in [3.05, 3.63) is 77.7 Å². The Kier molecular flexibility index (Phi) is 5.56. The second kappa shape index (κ2) is 9.02. The van der Waals surface area contributed by atoms with Crippen LogP contribution in [0.25, 0.3) is 0 Å². The Morgan fingerprint density at radius 3 is 2.54 bits per heavy atom. The molecule has 2 N–H and O–H groups in total. The Bertz CT molecular complexity index is 1270. The van der Waals surface area contributed by atoms with E-state index < -0.39 is 0 Å². The van der Waals surface area contributed by atoms with E-state index in [1.54, 1.807) is 6.33 Å². The highest BCUT2D eigenvalue weighted by atomic mass is 16.2. The number of fused-ring (bicyclic) bond motifs is 2. The molecule has 1 saturated heterocycles. The number of hydrogen-bond acceptors (Lipinski definition) is 4. The summed E-state index contributed by atoms with van der Waals surface area (Å²) in [6.45, 7) is 3.02. The lowest BCUT2D eigenvalue weighted by atomic mass is 10.0. The number of rotatable bonds is 3.